The monoisotopic (exact) mass is 394 g/mol. The Balaban J connectivity index is 1.71. The highest BCUT2D eigenvalue weighted by Gasteiger charge is 2.35. The number of benzene rings is 2. The number of carbonyl (C=O) groups is 3. The molecule has 1 aliphatic rings. The fraction of sp³-hybridized carbons (Fsp3) is 0.348. The number of esters is 1. The average molecular weight is 394 g/mol. The molecule has 3 rings (SSSR count). The van der Waals surface area contributed by atoms with Gasteiger partial charge in [0.2, 0.25) is 11.8 Å². The van der Waals surface area contributed by atoms with Gasteiger partial charge >= 0.3 is 5.97 Å². The molecule has 0 radical (unpaired) electrons. The van der Waals surface area contributed by atoms with Crippen molar-refractivity contribution in [2.45, 2.75) is 33.1 Å². The summed E-state index contributed by atoms with van der Waals surface area (Å²) in [5, 5.41) is 2.89. The summed E-state index contributed by atoms with van der Waals surface area (Å²) in [6.45, 7) is 6.38. The molecule has 1 aliphatic heterocycles. The van der Waals surface area contributed by atoms with E-state index in [1.807, 2.05) is 31.2 Å². The number of carbonyl (C=O) groups excluding carboxylic acids is 3. The van der Waals surface area contributed by atoms with E-state index < -0.39 is 11.9 Å². The molecule has 6 nitrogen and oxygen atoms in total. The maximum Gasteiger partial charge on any atom is 0.337 e. The lowest BCUT2D eigenvalue weighted by Crippen LogP contribution is -2.28. The first kappa shape index (κ1) is 20.6. The zero-order valence-corrected chi connectivity index (χ0v) is 17.2. The molecule has 0 aliphatic carbocycles. The largest absolute Gasteiger partial charge is 0.465 e. The number of nitrogens with zero attached hydrogens (tertiary/aromatic N) is 1. The average Bonchev–Trinajstić information content (AvgIpc) is 3.10. The maximum atomic E-state index is 12.8. The molecular formula is C23H26N2O4. The van der Waals surface area contributed by atoms with E-state index in [0.717, 1.165) is 16.8 Å². The first-order chi connectivity index (χ1) is 13.8. The van der Waals surface area contributed by atoms with Gasteiger partial charge in [-0.2, -0.15) is 0 Å². The van der Waals surface area contributed by atoms with Crippen LogP contribution in [0.5, 0.6) is 0 Å². The molecule has 1 atom stereocenters. The number of hydrogen-bond donors (Lipinski definition) is 1. The highest BCUT2D eigenvalue weighted by atomic mass is 16.5. The van der Waals surface area contributed by atoms with Crippen molar-refractivity contribution in [1.82, 2.24) is 0 Å². The highest BCUT2D eigenvalue weighted by molar-refractivity contribution is 6.04. The highest BCUT2D eigenvalue weighted by Crippen LogP contribution is 2.29. The van der Waals surface area contributed by atoms with E-state index in [-0.39, 0.29) is 18.2 Å². The van der Waals surface area contributed by atoms with Crippen LogP contribution in [0, 0.1) is 12.8 Å². The standard InChI is InChI=1S/C23H26N2O4/c1-14(2)16-6-5-7-19(11-16)25-13-18(12-21(25)26)22(27)24-20-9-8-17(10-15(20)3)23(28)29-4/h5-11,14,18H,12-13H2,1-4H3,(H,24,27). The van der Waals surface area contributed by atoms with Gasteiger partial charge in [0.25, 0.3) is 0 Å². The molecule has 0 aromatic heterocycles. The van der Waals surface area contributed by atoms with Crippen molar-refractivity contribution in [1.29, 1.82) is 0 Å². The Hall–Kier alpha value is -3.15. The van der Waals surface area contributed by atoms with Gasteiger partial charge in [0.15, 0.2) is 0 Å². The Labute approximate surface area is 170 Å². The summed E-state index contributed by atoms with van der Waals surface area (Å²) in [4.78, 5) is 38.6. The predicted molar refractivity (Wildman–Crippen MR) is 112 cm³/mol. The van der Waals surface area contributed by atoms with Gasteiger partial charge in [-0.15, -0.1) is 0 Å². The number of methoxy groups -OCH3 is 1. The van der Waals surface area contributed by atoms with Crippen LogP contribution in [-0.4, -0.2) is 31.4 Å². The van der Waals surface area contributed by atoms with Crippen LogP contribution in [0.1, 0.15) is 47.7 Å². The van der Waals surface area contributed by atoms with Gasteiger partial charge in [0, 0.05) is 24.3 Å². The molecule has 152 valence electrons. The van der Waals surface area contributed by atoms with Crippen molar-refractivity contribution < 1.29 is 19.1 Å². The van der Waals surface area contributed by atoms with Crippen LogP contribution >= 0.6 is 0 Å². The topological polar surface area (TPSA) is 75.7 Å². The Morgan fingerprint density at radius 1 is 1.17 bits per heavy atom. The van der Waals surface area contributed by atoms with E-state index in [9.17, 15) is 14.4 Å². The molecule has 2 aromatic carbocycles. The van der Waals surface area contributed by atoms with Gasteiger partial charge in [0.1, 0.15) is 0 Å². The quantitative estimate of drug-likeness (QED) is 0.781. The molecule has 1 saturated heterocycles. The Morgan fingerprint density at radius 2 is 1.93 bits per heavy atom. The Morgan fingerprint density at radius 3 is 2.59 bits per heavy atom. The number of nitrogens with one attached hydrogen (secondary N) is 1. The van der Waals surface area contributed by atoms with E-state index >= 15 is 0 Å². The predicted octanol–water partition coefficient (Wildman–Crippen LogP) is 3.90. The third-order valence-electron chi connectivity index (χ3n) is 5.25. The molecule has 1 fully saturated rings. The van der Waals surface area contributed by atoms with E-state index in [0.29, 0.717) is 23.7 Å². The minimum Gasteiger partial charge on any atom is -0.465 e. The summed E-state index contributed by atoms with van der Waals surface area (Å²) in [5.74, 6) is -0.738. The zero-order valence-electron chi connectivity index (χ0n) is 17.2. The number of rotatable bonds is 5. The number of anilines is 2. The summed E-state index contributed by atoms with van der Waals surface area (Å²) in [6, 6.07) is 12.9. The van der Waals surface area contributed by atoms with Crippen LogP contribution in [0.3, 0.4) is 0 Å². The first-order valence-electron chi connectivity index (χ1n) is 9.70. The SMILES string of the molecule is COC(=O)c1ccc(NC(=O)C2CC(=O)N(c3cccc(C(C)C)c3)C2)c(C)c1. The molecule has 1 unspecified atom stereocenters. The second kappa shape index (κ2) is 8.47. The van der Waals surface area contributed by atoms with Crippen LogP contribution in [0.2, 0.25) is 0 Å². The van der Waals surface area contributed by atoms with Gasteiger partial charge in [-0.25, -0.2) is 4.79 Å². The number of aryl methyl sites for hydroxylation is 1. The van der Waals surface area contributed by atoms with Crippen molar-refractivity contribution in [3.8, 4) is 0 Å². The van der Waals surface area contributed by atoms with E-state index in [1.165, 1.54) is 7.11 Å². The van der Waals surface area contributed by atoms with Crippen molar-refractivity contribution >= 4 is 29.2 Å². The zero-order chi connectivity index (χ0) is 21.1. The molecule has 1 N–H and O–H groups in total. The molecule has 1 heterocycles. The molecule has 2 aromatic rings. The van der Waals surface area contributed by atoms with Gasteiger partial charge < -0.3 is 15.0 Å². The molecule has 0 spiro atoms. The van der Waals surface area contributed by atoms with Crippen LogP contribution in [0.4, 0.5) is 11.4 Å². The summed E-state index contributed by atoms with van der Waals surface area (Å²) in [6.07, 6.45) is 0.178. The lowest BCUT2D eigenvalue weighted by Gasteiger charge is -2.19. The first-order valence-corrected chi connectivity index (χ1v) is 9.70. The molecule has 2 amide bonds. The number of ether oxygens (including phenoxy) is 1. The van der Waals surface area contributed by atoms with E-state index in [2.05, 4.69) is 19.2 Å². The molecule has 0 bridgehead atoms. The van der Waals surface area contributed by atoms with Gasteiger partial charge in [0.05, 0.1) is 18.6 Å². The third kappa shape index (κ3) is 4.47. The molecular weight excluding hydrogens is 368 g/mol. The van der Waals surface area contributed by atoms with Crippen LogP contribution in [0.15, 0.2) is 42.5 Å². The lowest BCUT2D eigenvalue weighted by atomic mass is 10.0. The normalized spacial score (nSPS) is 16.2. The van der Waals surface area contributed by atoms with Crippen LogP contribution < -0.4 is 10.2 Å². The van der Waals surface area contributed by atoms with Crippen molar-refractivity contribution in [3.63, 3.8) is 0 Å². The Bertz CT molecular complexity index is 952. The number of hydrogen-bond acceptors (Lipinski definition) is 4. The van der Waals surface area contributed by atoms with E-state index in [4.69, 9.17) is 4.74 Å². The van der Waals surface area contributed by atoms with Crippen LogP contribution in [-0.2, 0) is 14.3 Å². The minimum atomic E-state index is -0.426. The minimum absolute atomic E-state index is 0.0520. The fourth-order valence-electron chi connectivity index (χ4n) is 3.47. The smallest absolute Gasteiger partial charge is 0.337 e. The van der Waals surface area contributed by atoms with Gasteiger partial charge in [-0.05, 0) is 54.3 Å². The fourth-order valence-corrected chi connectivity index (χ4v) is 3.47. The summed E-state index contributed by atoms with van der Waals surface area (Å²) in [5.41, 5.74) is 3.79. The van der Waals surface area contributed by atoms with Gasteiger partial charge in [-0.1, -0.05) is 26.0 Å². The second-order valence-electron chi connectivity index (χ2n) is 7.67. The van der Waals surface area contributed by atoms with Crippen LogP contribution in [0.25, 0.3) is 0 Å². The van der Waals surface area contributed by atoms with Crippen molar-refractivity contribution in [2.75, 3.05) is 23.9 Å². The number of amides is 2. The summed E-state index contributed by atoms with van der Waals surface area (Å²) in [7, 11) is 1.33. The Kier molecular flexibility index (Phi) is 6.01. The third-order valence-corrected chi connectivity index (χ3v) is 5.25. The summed E-state index contributed by atoms with van der Waals surface area (Å²) < 4.78 is 4.71. The van der Waals surface area contributed by atoms with E-state index in [1.54, 1.807) is 23.1 Å². The van der Waals surface area contributed by atoms with Crippen molar-refractivity contribution in [3.05, 3.63) is 59.2 Å². The molecule has 6 heteroatoms. The van der Waals surface area contributed by atoms with Gasteiger partial charge in [-0.3, -0.25) is 9.59 Å². The molecule has 29 heavy (non-hydrogen) atoms. The maximum absolute atomic E-state index is 12.8. The second-order valence-corrected chi connectivity index (χ2v) is 7.67. The summed E-state index contributed by atoms with van der Waals surface area (Å²) >= 11 is 0. The van der Waals surface area contributed by atoms with Crippen molar-refractivity contribution in [2.24, 2.45) is 5.92 Å². The lowest BCUT2D eigenvalue weighted by molar-refractivity contribution is -0.122. The molecule has 0 saturated carbocycles.